The van der Waals surface area contributed by atoms with Crippen LogP contribution in [0.15, 0.2) is 0 Å². The van der Waals surface area contributed by atoms with Gasteiger partial charge >= 0.3 is 15.8 Å². The lowest BCUT2D eigenvalue weighted by Gasteiger charge is -2.33. The van der Waals surface area contributed by atoms with E-state index in [0.29, 0.717) is 0 Å². The molecule has 0 aromatic rings. The Hall–Kier alpha value is 0.270. The van der Waals surface area contributed by atoms with Gasteiger partial charge in [0.15, 0.2) is 0 Å². The van der Waals surface area contributed by atoms with Gasteiger partial charge in [0.1, 0.15) is 6.10 Å². The maximum absolute atomic E-state index is 13.2. The first kappa shape index (κ1) is 13.3. The van der Waals surface area contributed by atoms with Crippen LogP contribution in [0.4, 0.5) is 26.3 Å². The maximum Gasteiger partial charge on any atom is 0.438 e. The first-order chi connectivity index (χ1) is 6.61. The summed E-state index contributed by atoms with van der Waals surface area (Å²) in [5.74, 6) is -4.57. The highest BCUT2D eigenvalue weighted by Crippen LogP contribution is 2.53. The summed E-state index contributed by atoms with van der Waals surface area (Å²) in [6.45, 7) is -0.0646. The first-order valence-electron chi connectivity index (χ1n) is 4.04. The Bertz CT molecular complexity index is 232. The summed E-state index contributed by atoms with van der Waals surface area (Å²) in [4.78, 5) is 0. The molecule has 0 saturated carbocycles. The third-order valence-electron chi connectivity index (χ3n) is 2.11. The van der Waals surface area contributed by atoms with Crippen LogP contribution in [0.25, 0.3) is 0 Å². The summed E-state index contributed by atoms with van der Waals surface area (Å²) >= 11 is 0.0932. The van der Waals surface area contributed by atoms with Crippen LogP contribution in [-0.4, -0.2) is 28.5 Å². The average Bonchev–Trinajstić information content (AvgIpc) is 2.53. The summed E-state index contributed by atoms with van der Waals surface area (Å²) in [5, 5.41) is 0. The van der Waals surface area contributed by atoms with Crippen molar-refractivity contribution in [3.63, 3.8) is 0 Å². The number of ether oxygens (including phenoxy) is 1. The molecule has 1 heterocycles. The predicted octanol–water partition coefficient (Wildman–Crippen LogP) is 3.46. The topological polar surface area (TPSA) is 9.23 Å². The zero-order chi connectivity index (χ0) is 11.9. The Morgan fingerprint density at radius 1 is 1.07 bits per heavy atom. The molecule has 0 amide bonds. The molecule has 0 aliphatic carbocycles. The summed E-state index contributed by atoms with van der Waals surface area (Å²) in [6, 6.07) is 0. The SMILES string of the molecule is FC(F)(F)C(F)(I)C(F)(F)C1CCCO1. The van der Waals surface area contributed by atoms with Crippen molar-refractivity contribution in [1.29, 1.82) is 0 Å². The summed E-state index contributed by atoms with van der Waals surface area (Å²) in [6.07, 6.45) is -7.67. The first-order valence-corrected chi connectivity index (χ1v) is 5.12. The van der Waals surface area contributed by atoms with Gasteiger partial charge in [-0.2, -0.15) is 22.0 Å². The fraction of sp³-hybridized carbons (Fsp3) is 1.00. The van der Waals surface area contributed by atoms with E-state index in [-0.39, 0.29) is 42.0 Å². The van der Waals surface area contributed by atoms with Gasteiger partial charge < -0.3 is 4.74 Å². The highest BCUT2D eigenvalue weighted by atomic mass is 127. The van der Waals surface area contributed by atoms with Gasteiger partial charge in [0, 0.05) is 6.61 Å². The van der Waals surface area contributed by atoms with Gasteiger partial charge in [-0.15, -0.1) is 0 Å². The molecular weight excluding hydrogens is 341 g/mol. The van der Waals surface area contributed by atoms with Crippen LogP contribution in [-0.2, 0) is 4.74 Å². The molecule has 15 heavy (non-hydrogen) atoms. The van der Waals surface area contributed by atoms with Crippen molar-refractivity contribution in [3.05, 3.63) is 0 Å². The van der Waals surface area contributed by atoms with E-state index in [1.807, 2.05) is 0 Å². The van der Waals surface area contributed by atoms with Crippen molar-refractivity contribution < 1.29 is 31.1 Å². The summed E-state index contributed by atoms with van der Waals surface area (Å²) in [5.41, 5.74) is 0. The maximum atomic E-state index is 13.2. The minimum atomic E-state index is -5.62. The molecule has 2 unspecified atom stereocenters. The standard InChI is InChI=1S/C7H7F6IO/c8-5(9,4-2-1-3-15-4)6(10,14)7(11,12)13/h4H,1-3H2. The molecule has 90 valence electrons. The molecule has 0 radical (unpaired) electrons. The molecule has 0 aromatic carbocycles. The van der Waals surface area contributed by atoms with E-state index in [2.05, 4.69) is 4.74 Å². The third kappa shape index (κ3) is 2.20. The van der Waals surface area contributed by atoms with E-state index < -0.39 is 21.9 Å². The molecule has 2 atom stereocenters. The number of rotatable bonds is 2. The zero-order valence-corrected chi connectivity index (χ0v) is 9.41. The fourth-order valence-corrected chi connectivity index (χ4v) is 1.60. The lowest BCUT2D eigenvalue weighted by molar-refractivity contribution is -0.276. The zero-order valence-electron chi connectivity index (χ0n) is 7.25. The summed E-state index contributed by atoms with van der Waals surface area (Å²) in [7, 11) is 0. The van der Waals surface area contributed by atoms with E-state index >= 15 is 0 Å². The van der Waals surface area contributed by atoms with Crippen molar-refractivity contribution in [2.24, 2.45) is 0 Å². The Kier molecular flexibility index (Phi) is 3.50. The number of alkyl halides is 7. The summed E-state index contributed by atoms with van der Waals surface area (Å²) < 4.78 is 75.4. The van der Waals surface area contributed by atoms with Gasteiger partial charge in [-0.25, -0.2) is 4.39 Å². The Morgan fingerprint density at radius 2 is 1.60 bits per heavy atom. The van der Waals surface area contributed by atoms with Crippen molar-refractivity contribution in [1.82, 2.24) is 0 Å². The van der Waals surface area contributed by atoms with Gasteiger partial charge in [0.05, 0.1) is 0 Å². The molecule has 0 aromatic heterocycles. The third-order valence-corrected chi connectivity index (χ3v) is 3.44. The molecule has 1 saturated heterocycles. The second kappa shape index (κ2) is 3.94. The van der Waals surface area contributed by atoms with Gasteiger partial charge in [-0.05, 0) is 35.4 Å². The van der Waals surface area contributed by atoms with Crippen LogP contribution in [0.1, 0.15) is 12.8 Å². The lowest BCUT2D eigenvalue weighted by Crippen LogP contribution is -2.56. The van der Waals surface area contributed by atoms with Crippen LogP contribution >= 0.6 is 22.6 Å². The van der Waals surface area contributed by atoms with Crippen molar-refractivity contribution in [2.45, 2.75) is 34.7 Å². The number of hydrogen-bond donors (Lipinski definition) is 0. The Balaban J connectivity index is 2.92. The fourth-order valence-electron chi connectivity index (χ4n) is 1.25. The van der Waals surface area contributed by atoms with Crippen molar-refractivity contribution in [3.8, 4) is 0 Å². The Labute approximate surface area is 95.3 Å². The van der Waals surface area contributed by atoms with Gasteiger partial charge in [-0.3, -0.25) is 0 Å². The van der Waals surface area contributed by atoms with Gasteiger partial charge in [0.2, 0.25) is 0 Å². The van der Waals surface area contributed by atoms with Crippen molar-refractivity contribution in [2.75, 3.05) is 6.61 Å². The highest BCUT2D eigenvalue weighted by Gasteiger charge is 2.72. The van der Waals surface area contributed by atoms with Gasteiger partial charge in [-0.1, -0.05) is 0 Å². The van der Waals surface area contributed by atoms with E-state index in [4.69, 9.17) is 0 Å². The Morgan fingerprint density at radius 3 is 1.93 bits per heavy atom. The number of hydrogen-bond acceptors (Lipinski definition) is 1. The smallest absolute Gasteiger partial charge is 0.372 e. The number of halogens is 7. The molecule has 1 rings (SSSR count). The normalized spacial score (nSPS) is 27.8. The molecule has 1 aliphatic rings. The second-order valence-electron chi connectivity index (χ2n) is 3.20. The quantitative estimate of drug-likeness (QED) is 0.422. The van der Waals surface area contributed by atoms with Crippen LogP contribution in [0, 0.1) is 0 Å². The predicted molar refractivity (Wildman–Crippen MR) is 47.8 cm³/mol. The lowest BCUT2D eigenvalue weighted by atomic mass is 10.0. The van der Waals surface area contributed by atoms with E-state index in [0.717, 1.165) is 0 Å². The molecule has 8 heteroatoms. The molecule has 0 spiro atoms. The van der Waals surface area contributed by atoms with Crippen molar-refractivity contribution >= 4 is 22.6 Å². The molecule has 1 fully saturated rings. The molecule has 1 nitrogen and oxygen atoms in total. The average molecular weight is 348 g/mol. The highest BCUT2D eigenvalue weighted by molar-refractivity contribution is 14.1. The van der Waals surface area contributed by atoms with E-state index in [9.17, 15) is 26.3 Å². The van der Waals surface area contributed by atoms with Crippen LogP contribution in [0.3, 0.4) is 0 Å². The molecule has 0 N–H and O–H groups in total. The van der Waals surface area contributed by atoms with Crippen LogP contribution in [0.5, 0.6) is 0 Å². The monoisotopic (exact) mass is 348 g/mol. The second-order valence-corrected chi connectivity index (χ2v) is 4.68. The minimum Gasteiger partial charge on any atom is -0.372 e. The minimum absolute atomic E-state index is 0.0646. The van der Waals surface area contributed by atoms with Crippen LogP contribution in [0.2, 0.25) is 0 Å². The van der Waals surface area contributed by atoms with Crippen LogP contribution < -0.4 is 0 Å². The molecule has 0 bridgehead atoms. The van der Waals surface area contributed by atoms with Gasteiger partial charge in [0.25, 0.3) is 0 Å². The van der Waals surface area contributed by atoms with E-state index in [1.165, 1.54) is 0 Å². The molecule has 1 aliphatic heterocycles. The largest absolute Gasteiger partial charge is 0.438 e. The molecular formula is C7H7F6IO. The van der Waals surface area contributed by atoms with E-state index in [1.54, 1.807) is 0 Å².